The zero-order chi connectivity index (χ0) is 28.9. The summed E-state index contributed by atoms with van der Waals surface area (Å²) < 4.78 is 150. The van der Waals surface area contributed by atoms with Crippen molar-refractivity contribution in [1.29, 1.82) is 0 Å². The van der Waals surface area contributed by atoms with E-state index in [9.17, 15) is 47.9 Å². The summed E-state index contributed by atoms with van der Waals surface area (Å²) >= 11 is 0. The van der Waals surface area contributed by atoms with Crippen LogP contribution < -0.4 is 0 Å². The highest BCUT2D eigenvalue weighted by atomic mass is 32.3. The van der Waals surface area contributed by atoms with Gasteiger partial charge in [0, 0.05) is 16.4 Å². The third-order valence-electron chi connectivity index (χ3n) is 7.40. The lowest BCUT2D eigenvalue weighted by molar-refractivity contribution is -0.382. The second kappa shape index (κ2) is 10.3. The zero-order valence-corrected chi connectivity index (χ0v) is 22.2. The molecule has 14 heteroatoms. The molecule has 1 heterocycles. The van der Waals surface area contributed by atoms with Crippen LogP contribution in [0.3, 0.4) is 0 Å². The van der Waals surface area contributed by atoms with Gasteiger partial charge >= 0.3 is 33.4 Å². The van der Waals surface area contributed by atoms with Crippen molar-refractivity contribution in [3.8, 4) is 0 Å². The number of rotatable bonds is 8. The smallest absolute Gasteiger partial charge is 0.211 e. The Morgan fingerprint density at radius 2 is 1.31 bits per heavy atom. The number of halogens is 9. The Bertz CT molecular complexity index is 1300. The topological polar surface area (TPSA) is 43.4 Å². The average Bonchev–Trinajstić information content (AvgIpc) is 3.32. The lowest BCUT2D eigenvalue weighted by atomic mass is 9.84. The van der Waals surface area contributed by atoms with Crippen LogP contribution >= 0.6 is 10.3 Å². The Morgan fingerprint density at radius 1 is 0.744 bits per heavy atom. The molecular weight excluding hydrogens is 583 g/mol. The summed E-state index contributed by atoms with van der Waals surface area (Å²) in [5, 5.41) is -5.53. The van der Waals surface area contributed by atoms with E-state index in [1.165, 1.54) is 31.4 Å². The molecule has 39 heavy (non-hydrogen) atoms. The normalized spacial score (nSPS) is 20.8. The van der Waals surface area contributed by atoms with Crippen molar-refractivity contribution in [2.75, 3.05) is 11.5 Å². The minimum absolute atomic E-state index is 0.0952. The van der Waals surface area contributed by atoms with Crippen LogP contribution in [0.2, 0.25) is 0 Å². The van der Waals surface area contributed by atoms with Crippen LogP contribution in [-0.2, 0) is 20.2 Å². The first-order valence-electron chi connectivity index (χ1n) is 12.4. The number of benzene rings is 2. The fourth-order valence-corrected chi connectivity index (χ4v) is 10.9. The first-order chi connectivity index (χ1) is 17.9. The molecule has 0 radical (unpaired) electrons. The van der Waals surface area contributed by atoms with E-state index in [0.717, 1.165) is 30.2 Å². The molecule has 0 aromatic heterocycles. The van der Waals surface area contributed by atoms with Gasteiger partial charge in [0.1, 0.15) is 0 Å². The van der Waals surface area contributed by atoms with Crippen LogP contribution in [0, 0.1) is 5.92 Å². The molecule has 0 spiro atoms. The molecule has 0 atom stereocenters. The van der Waals surface area contributed by atoms with Crippen LogP contribution in [0.5, 0.6) is 0 Å². The lowest BCUT2D eigenvalue weighted by Crippen LogP contribution is -2.63. The van der Waals surface area contributed by atoms with E-state index in [-0.39, 0.29) is 29.2 Å². The van der Waals surface area contributed by atoms with Crippen molar-refractivity contribution in [3.05, 3.63) is 42.0 Å². The number of hydrogen-bond donors (Lipinski definition) is 0. The van der Waals surface area contributed by atoms with Crippen LogP contribution in [0.25, 0.3) is 10.8 Å². The molecule has 2 aromatic rings. The maximum atomic E-state index is 14.4. The van der Waals surface area contributed by atoms with E-state index in [0.29, 0.717) is 11.3 Å². The molecule has 1 saturated heterocycles. The van der Waals surface area contributed by atoms with Crippen molar-refractivity contribution < 1.29 is 51.6 Å². The predicted octanol–water partition coefficient (Wildman–Crippen LogP) is 8.61. The van der Waals surface area contributed by atoms with Crippen molar-refractivity contribution >= 4 is 31.2 Å². The van der Waals surface area contributed by atoms with E-state index in [1.807, 2.05) is 12.1 Å². The van der Waals surface area contributed by atoms with Gasteiger partial charge in [-0.1, -0.05) is 66.7 Å². The molecule has 0 bridgehead atoms. The van der Waals surface area contributed by atoms with Crippen molar-refractivity contribution in [3.63, 3.8) is 0 Å². The van der Waals surface area contributed by atoms with Gasteiger partial charge in [-0.15, -0.1) is 0 Å². The minimum atomic E-state index is -7.34. The molecule has 1 saturated carbocycles. The first kappa shape index (κ1) is 30.3. The quantitative estimate of drug-likeness (QED) is 0.281. The Hall–Kier alpha value is -1.67. The average molecular weight is 611 g/mol. The fraction of sp³-hybridized carbons (Fsp3) is 0.600. The van der Waals surface area contributed by atoms with Crippen molar-refractivity contribution in [2.24, 2.45) is 5.92 Å². The monoisotopic (exact) mass is 610 g/mol. The Morgan fingerprint density at radius 3 is 1.90 bits per heavy atom. The lowest BCUT2D eigenvalue weighted by Gasteiger charge is -2.38. The third kappa shape index (κ3) is 5.37. The summed E-state index contributed by atoms with van der Waals surface area (Å²) in [7, 11) is -10.2. The van der Waals surface area contributed by atoms with Crippen molar-refractivity contribution in [1.82, 2.24) is 0 Å². The van der Waals surface area contributed by atoms with E-state index in [4.69, 9.17) is 0 Å². The van der Waals surface area contributed by atoms with Gasteiger partial charge in [0.15, 0.2) is 0 Å². The molecule has 2 aromatic carbocycles. The van der Waals surface area contributed by atoms with E-state index in [2.05, 4.69) is 3.63 Å². The summed E-state index contributed by atoms with van der Waals surface area (Å²) in [6, 6.07) is 10.0. The second-order valence-electron chi connectivity index (χ2n) is 10.2. The van der Waals surface area contributed by atoms with Gasteiger partial charge in [0.2, 0.25) is 0 Å². The summed E-state index contributed by atoms with van der Waals surface area (Å²) in [4.78, 5) is 0.0952. The standard InChI is InChI=1S/C25H27F9O3S2/c26-22(27,24(30,31)32)23(28,29)25(33,34)39(35,36)37-38(12-4-5-13-38)21-11-10-19-15-18(8-9-20(19)16-21)14-17-6-2-1-3-7-17/h8-11,15-17H,1-7,12-14H2. The molecule has 4 rings (SSSR count). The molecule has 0 N–H and O–H groups in total. The van der Waals surface area contributed by atoms with Crippen molar-refractivity contribution in [2.45, 2.75) is 79.5 Å². The summed E-state index contributed by atoms with van der Waals surface area (Å²) in [6.07, 6.45) is 0.0749. The van der Waals surface area contributed by atoms with E-state index in [1.54, 1.807) is 12.1 Å². The Kier molecular flexibility index (Phi) is 8.01. The number of alkyl halides is 9. The molecule has 0 amide bonds. The predicted molar refractivity (Wildman–Crippen MR) is 130 cm³/mol. The number of fused-ring (bicyclic) bond motifs is 1. The molecular formula is C25H27F9O3S2. The van der Waals surface area contributed by atoms with Gasteiger partial charge in [0.25, 0.3) is 0 Å². The Labute approximate surface area is 221 Å². The summed E-state index contributed by atoms with van der Waals surface area (Å²) in [6.45, 7) is 0. The van der Waals surface area contributed by atoms with Gasteiger partial charge in [-0.05, 0) is 53.6 Å². The molecule has 2 fully saturated rings. The van der Waals surface area contributed by atoms with Gasteiger partial charge in [-0.2, -0.15) is 47.9 Å². The number of hydrogen-bond acceptors (Lipinski definition) is 3. The zero-order valence-electron chi connectivity index (χ0n) is 20.6. The third-order valence-corrected chi connectivity index (χ3v) is 13.1. The molecule has 1 aliphatic carbocycles. The van der Waals surface area contributed by atoms with E-state index >= 15 is 0 Å². The molecule has 1 aliphatic heterocycles. The summed E-state index contributed by atoms with van der Waals surface area (Å²) in [5.74, 6) is -14.4. The van der Waals surface area contributed by atoms with Crippen LogP contribution in [-0.4, -0.2) is 43.2 Å². The second-order valence-corrected chi connectivity index (χ2v) is 15.0. The molecule has 220 valence electrons. The highest BCUT2D eigenvalue weighted by Gasteiger charge is 2.86. The SMILES string of the molecule is O=S(=O)(OS1(c2ccc3cc(CC4CCCCC4)ccc3c2)CCCC1)C(F)(F)C(F)(F)C(F)(F)C(F)(F)F. The van der Waals surface area contributed by atoms with Gasteiger partial charge < -0.3 is 0 Å². The van der Waals surface area contributed by atoms with Crippen LogP contribution in [0.4, 0.5) is 39.5 Å². The van der Waals surface area contributed by atoms with Gasteiger partial charge in [-0.3, -0.25) is 0 Å². The minimum Gasteiger partial charge on any atom is -0.211 e. The van der Waals surface area contributed by atoms with Crippen LogP contribution in [0.1, 0.15) is 50.5 Å². The highest BCUT2D eigenvalue weighted by Crippen LogP contribution is 2.65. The molecule has 0 unspecified atom stereocenters. The molecule has 3 nitrogen and oxygen atoms in total. The maximum absolute atomic E-state index is 14.4. The maximum Gasteiger partial charge on any atom is 0.460 e. The summed E-state index contributed by atoms with van der Waals surface area (Å²) in [5.41, 5.74) is 1.08. The fourth-order valence-electron chi connectivity index (χ4n) is 5.20. The van der Waals surface area contributed by atoms with E-state index < -0.39 is 43.7 Å². The van der Waals surface area contributed by atoms with Gasteiger partial charge in [-0.25, -0.2) is 3.63 Å². The first-order valence-corrected chi connectivity index (χ1v) is 15.7. The largest absolute Gasteiger partial charge is 0.460 e. The highest BCUT2D eigenvalue weighted by molar-refractivity contribution is 8.33. The van der Waals surface area contributed by atoms with Crippen LogP contribution in [0.15, 0.2) is 41.3 Å². The molecule has 2 aliphatic rings. The van der Waals surface area contributed by atoms with Gasteiger partial charge in [0.05, 0.1) is 0 Å². The Balaban J connectivity index is 1.65.